The summed E-state index contributed by atoms with van der Waals surface area (Å²) in [6.07, 6.45) is 0.686. The van der Waals surface area contributed by atoms with Crippen molar-refractivity contribution in [2.75, 3.05) is 0 Å². The molecule has 0 saturated heterocycles. The topological polar surface area (TPSA) is 124 Å². The Morgan fingerprint density at radius 3 is 1.31 bits per heavy atom. The molecule has 0 aliphatic rings. The summed E-state index contributed by atoms with van der Waals surface area (Å²) < 4.78 is 0. The summed E-state index contributed by atoms with van der Waals surface area (Å²) in [4.78, 5) is 39.0. The first-order chi connectivity index (χ1) is 11.6. The van der Waals surface area contributed by atoms with E-state index in [2.05, 4.69) is 0 Å². The first-order valence-corrected chi connectivity index (χ1v) is 8.74. The Balaban J connectivity index is 5.53. The normalized spacial score (nSPS) is 13.0. The summed E-state index contributed by atoms with van der Waals surface area (Å²) in [5.74, 6) is -2.78. The van der Waals surface area contributed by atoms with Crippen molar-refractivity contribution in [2.45, 2.75) is 96.7 Å². The van der Waals surface area contributed by atoms with Gasteiger partial charge in [-0.05, 0) is 60.8 Å². The molecule has 0 fully saturated rings. The SMILES string of the molecule is CC(C)(CCC(=O)O)ON(C(C)(C)CCC(=O)O)C(C)(C)CCC(=O)O. The van der Waals surface area contributed by atoms with Crippen molar-refractivity contribution in [3.63, 3.8) is 0 Å². The molecule has 3 N–H and O–H groups in total. The van der Waals surface area contributed by atoms with Crippen LogP contribution in [0, 0.1) is 0 Å². The lowest BCUT2D eigenvalue weighted by molar-refractivity contribution is -0.320. The van der Waals surface area contributed by atoms with Gasteiger partial charge >= 0.3 is 17.9 Å². The van der Waals surface area contributed by atoms with Gasteiger partial charge in [-0.3, -0.25) is 19.2 Å². The second-order valence-corrected chi connectivity index (χ2v) is 8.45. The third kappa shape index (κ3) is 9.15. The second kappa shape index (κ2) is 9.32. The van der Waals surface area contributed by atoms with Gasteiger partial charge in [0.2, 0.25) is 0 Å². The van der Waals surface area contributed by atoms with E-state index in [1.165, 1.54) is 0 Å². The fourth-order valence-corrected chi connectivity index (χ4v) is 2.80. The molecular formula is C18H33NO7. The van der Waals surface area contributed by atoms with Gasteiger partial charge in [0.15, 0.2) is 0 Å². The van der Waals surface area contributed by atoms with Crippen LogP contribution in [0.4, 0.5) is 0 Å². The third-order valence-electron chi connectivity index (χ3n) is 4.28. The maximum Gasteiger partial charge on any atom is 0.303 e. The van der Waals surface area contributed by atoms with Crippen LogP contribution in [0.1, 0.15) is 80.1 Å². The number of carboxylic acids is 3. The fourth-order valence-electron chi connectivity index (χ4n) is 2.80. The van der Waals surface area contributed by atoms with E-state index in [0.29, 0.717) is 12.8 Å². The molecule has 0 atom stereocenters. The van der Waals surface area contributed by atoms with Crippen molar-refractivity contribution in [1.29, 1.82) is 0 Å². The van der Waals surface area contributed by atoms with Crippen LogP contribution in [-0.4, -0.2) is 55.0 Å². The predicted octanol–water partition coefficient (Wildman–Crippen LogP) is 3.15. The minimum absolute atomic E-state index is 0.0581. The number of carboxylic acid groups (broad SMARTS) is 3. The van der Waals surface area contributed by atoms with Crippen molar-refractivity contribution < 1.29 is 34.5 Å². The average molecular weight is 375 g/mol. The van der Waals surface area contributed by atoms with Gasteiger partial charge in [0.05, 0.1) is 5.60 Å². The van der Waals surface area contributed by atoms with Gasteiger partial charge in [-0.1, -0.05) is 0 Å². The van der Waals surface area contributed by atoms with Crippen molar-refractivity contribution in [3.8, 4) is 0 Å². The smallest absolute Gasteiger partial charge is 0.303 e. The van der Waals surface area contributed by atoms with Crippen LogP contribution in [0.25, 0.3) is 0 Å². The van der Waals surface area contributed by atoms with Gasteiger partial charge in [0.25, 0.3) is 0 Å². The molecule has 0 unspecified atom stereocenters. The summed E-state index contributed by atoms with van der Waals surface area (Å²) in [5.41, 5.74) is -2.19. The van der Waals surface area contributed by atoms with Crippen molar-refractivity contribution >= 4 is 17.9 Å². The Morgan fingerprint density at radius 2 is 1.00 bits per heavy atom. The van der Waals surface area contributed by atoms with E-state index < -0.39 is 34.6 Å². The lowest BCUT2D eigenvalue weighted by atomic mass is 9.89. The van der Waals surface area contributed by atoms with E-state index >= 15 is 0 Å². The van der Waals surface area contributed by atoms with Crippen LogP contribution in [0.15, 0.2) is 0 Å². The number of carbonyl (C=O) groups is 3. The van der Waals surface area contributed by atoms with Gasteiger partial charge in [-0.2, -0.15) is 5.06 Å². The Kier molecular flexibility index (Phi) is 8.72. The van der Waals surface area contributed by atoms with Crippen LogP contribution in [0.5, 0.6) is 0 Å². The molecule has 0 aromatic carbocycles. The zero-order valence-electron chi connectivity index (χ0n) is 16.7. The van der Waals surface area contributed by atoms with E-state index in [0.717, 1.165) is 0 Å². The van der Waals surface area contributed by atoms with Crippen LogP contribution in [-0.2, 0) is 19.2 Å². The number of nitrogens with zero attached hydrogens (tertiary/aromatic N) is 1. The maximum absolute atomic E-state index is 11.0. The molecule has 0 bridgehead atoms. The molecule has 0 rings (SSSR count). The molecule has 152 valence electrons. The van der Waals surface area contributed by atoms with Crippen molar-refractivity contribution in [3.05, 3.63) is 0 Å². The van der Waals surface area contributed by atoms with Crippen LogP contribution >= 0.6 is 0 Å². The zero-order valence-corrected chi connectivity index (χ0v) is 16.7. The van der Waals surface area contributed by atoms with Crippen molar-refractivity contribution in [2.24, 2.45) is 0 Å². The van der Waals surface area contributed by atoms with Crippen LogP contribution in [0.2, 0.25) is 0 Å². The summed E-state index contributed by atoms with van der Waals surface area (Å²) in [7, 11) is 0. The Morgan fingerprint density at radius 1 is 0.692 bits per heavy atom. The molecular weight excluding hydrogens is 342 g/mol. The Hall–Kier alpha value is -1.67. The number of hydrogen-bond donors (Lipinski definition) is 3. The van der Waals surface area contributed by atoms with E-state index in [-0.39, 0.29) is 25.7 Å². The Labute approximate surface area is 155 Å². The lowest BCUT2D eigenvalue weighted by Crippen LogP contribution is -2.58. The molecule has 0 heterocycles. The number of hydroxylamine groups is 2. The molecule has 0 aliphatic heterocycles. The van der Waals surface area contributed by atoms with Crippen molar-refractivity contribution in [1.82, 2.24) is 5.06 Å². The highest BCUT2D eigenvalue weighted by Gasteiger charge is 2.42. The molecule has 0 saturated carbocycles. The minimum atomic E-state index is -0.927. The quantitative estimate of drug-likeness (QED) is 0.419. The van der Waals surface area contributed by atoms with Gasteiger partial charge in [-0.25, -0.2) is 0 Å². The number of aliphatic carboxylic acids is 3. The Bertz CT molecular complexity index is 482. The molecule has 0 aliphatic carbocycles. The highest BCUT2D eigenvalue weighted by Crippen LogP contribution is 2.36. The minimum Gasteiger partial charge on any atom is -0.481 e. The number of rotatable bonds is 13. The highest BCUT2D eigenvalue weighted by atomic mass is 16.7. The summed E-state index contributed by atoms with van der Waals surface area (Å²) >= 11 is 0. The molecule has 0 aromatic rings. The summed E-state index contributed by atoms with van der Waals surface area (Å²) in [5, 5.41) is 28.6. The monoisotopic (exact) mass is 375 g/mol. The van der Waals surface area contributed by atoms with E-state index in [4.69, 9.17) is 20.2 Å². The average Bonchev–Trinajstić information content (AvgIpc) is 2.47. The molecule has 0 amide bonds. The number of hydrogen-bond acceptors (Lipinski definition) is 5. The summed E-state index contributed by atoms with van der Waals surface area (Å²) in [6, 6.07) is 0. The molecule has 8 nitrogen and oxygen atoms in total. The fraction of sp³-hybridized carbons (Fsp3) is 0.833. The van der Waals surface area contributed by atoms with E-state index in [1.54, 1.807) is 18.9 Å². The van der Waals surface area contributed by atoms with Gasteiger partial charge in [0, 0.05) is 30.3 Å². The lowest BCUT2D eigenvalue weighted by Gasteiger charge is -2.50. The maximum atomic E-state index is 11.0. The first kappa shape index (κ1) is 24.3. The van der Waals surface area contributed by atoms with E-state index in [1.807, 2.05) is 27.7 Å². The molecule has 26 heavy (non-hydrogen) atoms. The van der Waals surface area contributed by atoms with Crippen LogP contribution < -0.4 is 0 Å². The van der Waals surface area contributed by atoms with Gasteiger partial charge in [0.1, 0.15) is 0 Å². The summed E-state index contributed by atoms with van der Waals surface area (Å²) in [6.45, 7) is 10.9. The standard InChI is InChI=1S/C18H33NO7/c1-16(2,10-7-13(20)21)19(17(3,4)11-8-14(22)23)26-18(5,6)12-9-15(24)25/h7-12H2,1-6H3,(H,20,21)(H,22,23)(H,24,25). The largest absolute Gasteiger partial charge is 0.481 e. The molecule has 0 spiro atoms. The third-order valence-corrected chi connectivity index (χ3v) is 4.28. The predicted molar refractivity (Wildman–Crippen MR) is 95.8 cm³/mol. The van der Waals surface area contributed by atoms with E-state index in [9.17, 15) is 14.4 Å². The first-order valence-electron chi connectivity index (χ1n) is 8.74. The van der Waals surface area contributed by atoms with Gasteiger partial charge in [-0.15, -0.1) is 0 Å². The molecule has 0 aromatic heterocycles. The van der Waals surface area contributed by atoms with Gasteiger partial charge < -0.3 is 15.3 Å². The molecule has 8 heteroatoms. The zero-order chi connectivity index (χ0) is 20.8. The van der Waals surface area contributed by atoms with Crippen LogP contribution in [0.3, 0.4) is 0 Å². The highest BCUT2D eigenvalue weighted by molar-refractivity contribution is 5.67. The molecule has 0 radical (unpaired) electrons. The second-order valence-electron chi connectivity index (χ2n) is 8.45.